The quantitative estimate of drug-likeness (QED) is 0.729. The smallest absolute Gasteiger partial charge is 0.136 e. The summed E-state index contributed by atoms with van der Waals surface area (Å²) in [5, 5.41) is 12.2. The second-order valence-electron chi connectivity index (χ2n) is 3.67. The predicted octanol–water partition coefficient (Wildman–Crippen LogP) is 1.69. The van der Waals surface area contributed by atoms with E-state index in [1.54, 1.807) is 20.3 Å². The highest BCUT2D eigenvalue weighted by molar-refractivity contribution is 5.45. The Kier molecular flexibility index (Phi) is 6.08. The summed E-state index contributed by atoms with van der Waals surface area (Å²) < 4.78 is 10.1. The number of ether oxygens (including phenoxy) is 2. The van der Waals surface area contributed by atoms with Crippen molar-refractivity contribution in [3.8, 4) is 11.8 Å². The van der Waals surface area contributed by atoms with Crippen LogP contribution in [-0.2, 0) is 11.3 Å². The van der Waals surface area contributed by atoms with E-state index >= 15 is 0 Å². The van der Waals surface area contributed by atoms with Crippen molar-refractivity contribution in [2.75, 3.05) is 27.4 Å². The van der Waals surface area contributed by atoms with Crippen molar-refractivity contribution in [2.45, 2.75) is 13.0 Å². The molecule has 1 aromatic rings. The molecule has 0 saturated carbocycles. The maximum Gasteiger partial charge on any atom is 0.136 e. The average Bonchev–Trinajstić information content (AvgIpc) is 2.38. The maximum atomic E-state index is 8.85. The summed E-state index contributed by atoms with van der Waals surface area (Å²) >= 11 is 0. The third-order valence-corrected chi connectivity index (χ3v) is 2.42. The normalized spacial score (nSPS) is 9.94. The second kappa shape index (κ2) is 7.66. The van der Waals surface area contributed by atoms with E-state index in [4.69, 9.17) is 14.7 Å². The van der Waals surface area contributed by atoms with Crippen LogP contribution in [0.25, 0.3) is 0 Å². The highest BCUT2D eigenvalue weighted by atomic mass is 16.5. The van der Waals surface area contributed by atoms with Crippen LogP contribution < -0.4 is 10.1 Å². The number of methoxy groups -OCH3 is 2. The molecule has 0 fully saturated rings. The molecule has 0 spiro atoms. The summed E-state index contributed by atoms with van der Waals surface area (Å²) in [7, 11) is 3.28. The van der Waals surface area contributed by atoms with Crippen LogP contribution in [-0.4, -0.2) is 27.4 Å². The third-order valence-electron chi connectivity index (χ3n) is 2.42. The Labute approximate surface area is 102 Å². The van der Waals surface area contributed by atoms with Crippen LogP contribution in [0.4, 0.5) is 0 Å². The van der Waals surface area contributed by atoms with Gasteiger partial charge in [0.1, 0.15) is 11.8 Å². The van der Waals surface area contributed by atoms with E-state index in [0.29, 0.717) is 11.3 Å². The van der Waals surface area contributed by atoms with Gasteiger partial charge in [-0.05, 0) is 30.7 Å². The first-order chi connectivity index (χ1) is 8.31. The lowest BCUT2D eigenvalue weighted by molar-refractivity contribution is 0.194. The largest absolute Gasteiger partial charge is 0.495 e. The molecule has 0 amide bonds. The van der Waals surface area contributed by atoms with Crippen LogP contribution >= 0.6 is 0 Å². The molecular weight excluding hydrogens is 216 g/mol. The molecular formula is C13H18N2O2. The predicted molar refractivity (Wildman–Crippen MR) is 65.9 cm³/mol. The van der Waals surface area contributed by atoms with Gasteiger partial charge in [-0.15, -0.1) is 0 Å². The van der Waals surface area contributed by atoms with Crippen molar-refractivity contribution in [3.05, 3.63) is 29.3 Å². The molecule has 0 saturated heterocycles. The summed E-state index contributed by atoms with van der Waals surface area (Å²) in [6, 6.07) is 7.70. The zero-order valence-electron chi connectivity index (χ0n) is 10.3. The Morgan fingerprint density at radius 3 is 2.82 bits per heavy atom. The number of rotatable bonds is 7. The van der Waals surface area contributed by atoms with E-state index in [1.165, 1.54) is 0 Å². The summed E-state index contributed by atoms with van der Waals surface area (Å²) in [6.07, 6.45) is 0.990. The Morgan fingerprint density at radius 1 is 1.35 bits per heavy atom. The SMILES string of the molecule is COCCCNCc1ccc(C#N)c(OC)c1. The molecule has 92 valence electrons. The van der Waals surface area contributed by atoms with Crippen molar-refractivity contribution >= 4 is 0 Å². The van der Waals surface area contributed by atoms with Gasteiger partial charge in [0.2, 0.25) is 0 Å². The molecule has 0 unspecified atom stereocenters. The van der Waals surface area contributed by atoms with Gasteiger partial charge in [-0.25, -0.2) is 0 Å². The molecule has 0 radical (unpaired) electrons. The Bertz CT molecular complexity index is 385. The van der Waals surface area contributed by atoms with Crippen molar-refractivity contribution in [1.82, 2.24) is 5.32 Å². The molecule has 0 aromatic heterocycles. The fourth-order valence-electron chi connectivity index (χ4n) is 1.51. The van der Waals surface area contributed by atoms with Gasteiger partial charge in [-0.2, -0.15) is 5.26 Å². The molecule has 4 heteroatoms. The first-order valence-electron chi connectivity index (χ1n) is 5.58. The second-order valence-corrected chi connectivity index (χ2v) is 3.67. The fraction of sp³-hybridized carbons (Fsp3) is 0.462. The van der Waals surface area contributed by atoms with Gasteiger partial charge < -0.3 is 14.8 Å². The maximum absolute atomic E-state index is 8.85. The van der Waals surface area contributed by atoms with Gasteiger partial charge >= 0.3 is 0 Å². The minimum Gasteiger partial charge on any atom is -0.495 e. The van der Waals surface area contributed by atoms with E-state index < -0.39 is 0 Å². The summed E-state index contributed by atoms with van der Waals surface area (Å²) in [5.74, 6) is 0.628. The monoisotopic (exact) mass is 234 g/mol. The standard InChI is InChI=1S/C13H18N2O2/c1-16-7-3-6-15-10-11-4-5-12(9-14)13(8-11)17-2/h4-5,8,15H,3,6-7,10H2,1-2H3. The average molecular weight is 234 g/mol. The minimum atomic E-state index is 0.565. The molecule has 0 bridgehead atoms. The molecule has 1 rings (SSSR count). The molecule has 1 aromatic carbocycles. The van der Waals surface area contributed by atoms with Crippen molar-refractivity contribution in [3.63, 3.8) is 0 Å². The molecule has 0 atom stereocenters. The molecule has 4 nitrogen and oxygen atoms in total. The first kappa shape index (κ1) is 13.5. The van der Waals surface area contributed by atoms with Crippen molar-refractivity contribution in [2.24, 2.45) is 0 Å². The molecule has 1 N–H and O–H groups in total. The van der Waals surface area contributed by atoms with E-state index in [0.717, 1.165) is 31.7 Å². The highest BCUT2D eigenvalue weighted by Crippen LogP contribution is 2.18. The van der Waals surface area contributed by atoms with Crippen molar-refractivity contribution in [1.29, 1.82) is 5.26 Å². The topological polar surface area (TPSA) is 54.3 Å². The van der Waals surface area contributed by atoms with Crippen LogP contribution in [0.2, 0.25) is 0 Å². The molecule has 0 aliphatic heterocycles. The van der Waals surface area contributed by atoms with Crippen LogP contribution in [0.15, 0.2) is 18.2 Å². The number of nitriles is 1. The van der Waals surface area contributed by atoms with Crippen LogP contribution in [0.1, 0.15) is 17.5 Å². The lowest BCUT2D eigenvalue weighted by Crippen LogP contribution is -2.16. The van der Waals surface area contributed by atoms with Gasteiger partial charge in [0.15, 0.2) is 0 Å². The third kappa shape index (κ3) is 4.43. The Morgan fingerprint density at radius 2 is 2.18 bits per heavy atom. The zero-order chi connectivity index (χ0) is 12.5. The zero-order valence-corrected chi connectivity index (χ0v) is 10.3. The summed E-state index contributed by atoms with van der Waals surface area (Å²) in [4.78, 5) is 0. The summed E-state index contributed by atoms with van der Waals surface area (Å²) in [6.45, 7) is 2.45. The van der Waals surface area contributed by atoms with Gasteiger partial charge in [0.05, 0.1) is 12.7 Å². The van der Waals surface area contributed by atoms with E-state index in [-0.39, 0.29) is 0 Å². The Hall–Kier alpha value is -1.57. The number of benzene rings is 1. The fourth-order valence-corrected chi connectivity index (χ4v) is 1.51. The molecule has 17 heavy (non-hydrogen) atoms. The lowest BCUT2D eigenvalue weighted by atomic mass is 10.1. The molecule has 0 aliphatic carbocycles. The van der Waals surface area contributed by atoms with E-state index in [9.17, 15) is 0 Å². The minimum absolute atomic E-state index is 0.565. The van der Waals surface area contributed by atoms with E-state index in [1.807, 2.05) is 12.1 Å². The van der Waals surface area contributed by atoms with Gasteiger partial charge in [-0.3, -0.25) is 0 Å². The highest BCUT2D eigenvalue weighted by Gasteiger charge is 2.03. The molecule has 0 aliphatic rings. The van der Waals surface area contributed by atoms with Crippen molar-refractivity contribution < 1.29 is 9.47 Å². The van der Waals surface area contributed by atoms with Crippen LogP contribution in [0.3, 0.4) is 0 Å². The summed E-state index contributed by atoms with van der Waals surface area (Å²) in [5.41, 5.74) is 1.67. The van der Waals surface area contributed by atoms with E-state index in [2.05, 4.69) is 11.4 Å². The van der Waals surface area contributed by atoms with Crippen LogP contribution in [0.5, 0.6) is 5.75 Å². The van der Waals surface area contributed by atoms with Gasteiger partial charge in [0, 0.05) is 20.3 Å². The number of nitrogens with zero attached hydrogens (tertiary/aromatic N) is 1. The lowest BCUT2D eigenvalue weighted by Gasteiger charge is -2.07. The number of hydrogen-bond donors (Lipinski definition) is 1. The number of nitrogens with one attached hydrogen (secondary N) is 1. The van der Waals surface area contributed by atoms with Crippen LogP contribution in [0, 0.1) is 11.3 Å². The van der Waals surface area contributed by atoms with Gasteiger partial charge in [0.25, 0.3) is 0 Å². The first-order valence-corrected chi connectivity index (χ1v) is 5.58. The van der Waals surface area contributed by atoms with Gasteiger partial charge in [-0.1, -0.05) is 6.07 Å². The number of hydrogen-bond acceptors (Lipinski definition) is 4. The molecule has 0 heterocycles. The Balaban J connectivity index is 2.47.